The Labute approximate surface area is 96.2 Å². The van der Waals surface area contributed by atoms with E-state index in [0.717, 1.165) is 24.8 Å². The molecule has 0 radical (unpaired) electrons. The van der Waals surface area contributed by atoms with Crippen LogP contribution in [0.25, 0.3) is 0 Å². The van der Waals surface area contributed by atoms with Gasteiger partial charge in [-0.2, -0.15) is 0 Å². The van der Waals surface area contributed by atoms with Crippen molar-refractivity contribution in [2.24, 2.45) is 7.05 Å². The second kappa shape index (κ2) is 5.10. The summed E-state index contributed by atoms with van der Waals surface area (Å²) >= 11 is 0. The lowest BCUT2D eigenvalue weighted by Crippen LogP contribution is -2.05. The summed E-state index contributed by atoms with van der Waals surface area (Å²) in [7, 11) is 1.89. The minimum atomic E-state index is 0.113. The summed E-state index contributed by atoms with van der Waals surface area (Å²) in [5, 5.41) is 0. The van der Waals surface area contributed by atoms with Gasteiger partial charge in [0.05, 0.1) is 6.33 Å². The van der Waals surface area contributed by atoms with Gasteiger partial charge < -0.3 is 4.57 Å². The predicted octanol–water partition coefficient (Wildman–Crippen LogP) is 2.88. The minimum Gasteiger partial charge on any atom is -0.340 e. The van der Waals surface area contributed by atoms with Crippen molar-refractivity contribution in [3.05, 3.63) is 29.9 Å². The van der Waals surface area contributed by atoms with Gasteiger partial charge in [-0.3, -0.25) is 4.79 Å². The summed E-state index contributed by atoms with van der Waals surface area (Å²) in [6.45, 7) is 0. The molecule has 1 aromatic rings. The first-order valence-electron chi connectivity index (χ1n) is 5.99. The highest BCUT2D eigenvalue weighted by atomic mass is 16.1. The normalized spacial score (nSPS) is 17.4. The van der Waals surface area contributed by atoms with E-state index in [2.05, 4.69) is 11.1 Å². The molecule has 3 heteroatoms. The third-order valence-corrected chi connectivity index (χ3v) is 3.02. The second-order valence-corrected chi connectivity index (χ2v) is 4.44. The molecule has 1 aliphatic rings. The van der Waals surface area contributed by atoms with Crippen LogP contribution in [0.1, 0.15) is 49.0 Å². The summed E-state index contributed by atoms with van der Waals surface area (Å²) in [5.74, 6) is 0.113. The quantitative estimate of drug-likeness (QED) is 0.715. The first kappa shape index (κ1) is 11.1. The van der Waals surface area contributed by atoms with Gasteiger partial charge >= 0.3 is 0 Å². The molecule has 0 unspecified atom stereocenters. The van der Waals surface area contributed by atoms with Crippen LogP contribution in [-0.4, -0.2) is 15.3 Å². The maximum atomic E-state index is 12.1. The van der Waals surface area contributed by atoms with Crippen molar-refractivity contribution in [1.29, 1.82) is 0 Å². The molecule has 0 spiro atoms. The zero-order valence-electron chi connectivity index (χ0n) is 9.78. The fourth-order valence-electron chi connectivity index (χ4n) is 2.09. The largest absolute Gasteiger partial charge is 0.340 e. The van der Waals surface area contributed by atoms with Crippen LogP contribution in [0.2, 0.25) is 0 Å². The van der Waals surface area contributed by atoms with Gasteiger partial charge in [0.15, 0.2) is 0 Å². The van der Waals surface area contributed by atoms with E-state index in [0.29, 0.717) is 5.69 Å². The molecule has 1 aromatic heterocycles. The van der Waals surface area contributed by atoms with E-state index in [1.165, 1.54) is 19.3 Å². The molecule has 0 bridgehead atoms. The lowest BCUT2D eigenvalue weighted by molar-refractivity contribution is 0.102. The number of Topliss-reactive ketones (excluding diaryl/α,β-unsaturated/α-hetero) is 1. The van der Waals surface area contributed by atoms with Crippen molar-refractivity contribution in [3.8, 4) is 0 Å². The fraction of sp³-hybridized carbons (Fsp3) is 0.538. The summed E-state index contributed by atoms with van der Waals surface area (Å²) in [6, 6.07) is 0. The molecule has 0 amide bonds. The Balaban J connectivity index is 2.13. The van der Waals surface area contributed by atoms with E-state index < -0.39 is 0 Å². The Morgan fingerprint density at radius 3 is 2.88 bits per heavy atom. The molecule has 0 N–H and O–H groups in total. The van der Waals surface area contributed by atoms with Crippen LogP contribution in [0.15, 0.2) is 24.2 Å². The Hall–Kier alpha value is -1.38. The molecule has 0 saturated carbocycles. The predicted molar refractivity (Wildman–Crippen MR) is 63.3 cm³/mol. The van der Waals surface area contributed by atoms with E-state index in [9.17, 15) is 4.79 Å². The standard InChI is InChI=1S/C13H18N2O/c1-15-9-12(14-10-15)13(16)11-7-5-3-2-4-6-8-11/h7,9-10H,2-6,8H2,1H3. The van der Waals surface area contributed by atoms with Crippen molar-refractivity contribution in [3.63, 3.8) is 0 Å². The number of hydrogen-bond donors (Lipinski definition) is 0. The average Bonchev–Trinajstić information content (AvgIpc) is 2.63. The van der Waals surface area contributed by atoms with Crippen LogP contribution >= 0.6 is 0 Å². The highest BCUT2D eigenvalue weighted by Gasteiger charge is 2.15. The summed E-state index contributed by atoms with van der Waals surface area (Å²) in [5.41, 5.74) is 1.53. The number of imidazole rings is 1. The molecule has 0 atom stereocenters. The molecule has 0 aromatic carbocycles. The van der Waals surface area contributed by atoms with E-state index in [-0.39, 0.29) is 5.78 Å². The van der Waals surface area contributed by atoms with E-state index >= 15 is 0 Å². The summed E-state index contributed by atoms with van der Waals surface area (Å²) in [6.07, 6.45) is 12.4. The van der Waals surface area contributed by atoms with Gasteiger partial charge in [-0.1, -0.05) is 18.9 Å². The summed E-state index contributed by atoms with van der Waals surface area (Å²) < 4.78 is 1.82. The fourth-order valence-corrected chi connectivity index (χ4v) is 2.09. The monoisotopic (exact) mass is 218 g/mol. The number of aryl methyl sites for hydroxylation is 1. The number of allylic oxidation sites excluding steroid dienone is 2. The van der Waals surface area contributed by atoms with Crippen LogP contribution in [-0.2, 0) is 7.05 Å². The van der Waals surface area contributed by atoms with E-state index in [1.807, 2.05) is 11.6 Å². The van der Waals surface area contributed by atoms with Gasteiger partial charge in [-0.15, -0.1) is 0 Å². The highest BCUT2D eigenvalue weighted by Crippen LogP contribution is 2.19. The molecule has 0 fully saturated rings. The first-order chi connectivity index (χ1) is 7.77. The SMILES string of the molecule is Cn1cnc(C(=O)C2=CCCCCCC2)c1. The number of nitrogens with zero attached hydrogens (tertiary/aromatic N) is 2. The molecule has 0 saturated heterocycles. The van der Waals surface area contributed by atoms with Gasteiger partial charge in [-0.25, -0.2) is 4.98 Å². The van der Waals surface area contributed by atoms with E-state index in [4.69, 9.17) is 0 Å². The number of carbonyl (C=O) groups excluding carboxylic acids is 1. The molecular formula is C13H18N2O. The molecule has 1 heterocycles. The molecule has 0 aliphatic heterocycles. The smallest absolute Gasteiger partial charge is 0.208 e. The number of rotatable bonds is 2. The van der Waals surface area contributed by atoms with Crippen LogP contribution < -0.4 is 0 Å². The van der Waals surface area contributed by atoms with Crippen molar-refractivity contribution < 1.29 is 4.79 Å². The van der Waals surface area contributed by atoms with Crippen molar-refractivity contribution in [2.45, 2.75) is 38.5 Å². The number of hydrogen-bond acceptors (Lipinski definition) is 2. The summed E-state index contributed by atoms with van der Waals surface area (Å²) in [4.78, 5) is 16.3. The Bertz CT molecular complexity index is 404. The van der Waals surface area contributed by atoms with Gasteiger partial charge in [0.25, 0.3) is 0 Å². The molecule has 86 valence electrons. The maximum absolute atomic E-state index is 12.1. The van der Waals surface area contributed by atoms with Gasteiger partial charge in [-0.05, 0) is 31.3 Å². The third-order valence-electron chi connectivity index (χ3n) is 3.02. The van der Waals surface area contributed by atoms with Gasteiger partial charge in [0.2, 0.25) is 5.78 Å². The topological polar surface area (TPSA) is 34.9 Å². The van der Waals surface area contributed by atoms with Crippen LogP contribution in [0.5, 0.6) is 0 Å². The van der Waals surface area contributed by atoms with Crippen molar-refractivity contribution in [1.82, 2.24) is 9.55 Å². The third kappa shape index (κ3) is 2.60. The van der Waals surface area contributed by atoms with Crippen molar-refractivity contribution >= 4 is 5.78 Å². The maximum Gasteiger partial charge on any atom is 0.208 e. The van der Waals surface area contributed by atoms with Crippen LogP contribution in [0.3, 0.4) is 0 Å². The zero-order chi connectivity index (χ0) is 11.4. The second-order valence-electron chi connectivity index (χ2n) is 4.44. The van der Waals surface area contributed by atoms with Crippen LogP contribution in [0.4, 0.5) is 0 Å². The van der Waals surface area contributed by atoms with Gasteiger partial charge in [0, 0.05) is 13.2 Å². The first-order valence-corrected chi connectivity index (χ1v) is 5.99. The molecule has 16 heavy (non-hydrogen) atoms. The Kier molecular flexibility index (Phi) is 3.54. The van der Waals surface area contributed by atoms with Crippen molar-refractivity contribution in [2.75, 3.05) is 0 Å². The number of carbonyl (C=O) groups is 1. The lowest BCUT2D eigenvalue weighted by atomic mass is 9.96. The van der Waals surface area contributed by atoms with E-state index in [1.54, 1.807) is 12.5 Å². The molecular weight excluding hydrogens is 200 g/mol. The molecule has 3 nitrogen and oxygen atoms in total. The Morgan fingerprint density at radius 2 is 2.12 bits per heavy atom. The minimum absolute atomic E-state index is 0.113. The number of aromatic nitrogens is 2. The van der Waals surface area contributed by atoms with Gasteiger partial charge in [0.1, 0.15) is 5.69 Å². The average molecular weight is 218 g/mol. The molecule has 1 aliphatic carbocycles. The van der Waals surface area contributed by atoms with Crippen LogP contribution in [0, 0.1) is 0 Å². The highest BCUT2D eigenvalue weighted by molar-refractivity contribution is 6.07. The number of ketones is 1. The molecule has 2 rings (SSSR count). The lowest BCUT2D eigenvalue weighted by Gasteiger charge is -2.08. The zero-order valence-corrected chi connectivity index (χ0v) is 9.78. The Morgan fingerprint density at radius 1 is 1.31 bits per heavy atom.